The number of carbonyl (C=O) groups excluding carboxylic acids is 1. The molecular formula is C16H27NO3. The van der Waals surface area contributed by atoms with E-state index in [4.69, 9.17) is 0 Å². The SMILES string of the molecule is CCC1CC(C(=O)O)C(C(=O)NCC2(C)CCCC2)C1. The summed E-state index contributed by atoms with van der Waals surface area (Å²) in [4.78, 5) is 23.7. The fourth-order valence-corrected chi connectivity index (χ4v) is 3.88. The monoisotopic (exact) mass is 281 g/mol. The summed E-state index contributed by atoms with van der Waals surface area (Å²) in [5, 5.41) is 12.3. The van der Waals surface area contributed by atoms with Crippen LogP contribution in [0.1, 0.15) is 58.8 Å². The Morgan fingerprint density at radius 3 is 2.35 bits per heavy atom. The van der Waals surface area contributed by atoms with Gasteiger partial charge in [-0.25, -0.2) is 0 Å². The Kier molecular flexibility index (Phi) is 4.71. The second kappa shape index (κ2) is 6.15. The first-order valence-electron chi connectivity index (χ1n) is 7.96. The van der Waals surface area contributed by atoms with Gasteiger partial charge in [-0.05, 0) is 37.0 Å². The molecule has 4 nitrogen and oxygen atoms in total. The molecule has 0 saturated heterocycles. The molecular weight excluding hydrogens is 254 g/mol. The number of carboxylic acids is 1. The zero-order valence-corrected chi connectivity index (χ0v) is 12.7. The zero-order chi connectivity index (χ0) is 14.8. The molecule has 2 fully saturated rings. The molecule has 4 heteroatoms. The normalized spacial score (nSPS) is 32.2. The number of hydrogen-bond acceptors (Lipinski definition) is 2. The number of rotatable bonds is 5. The Hall–Kier alpha value is -1.06. The van der Waals surface area contributed by atoms with Gasteiger partial charge in [-0.2, -0.15) is 0 Å². The zero-order valence-electron chi connectivity index (χ0n) is 12.7. The molecule has 0 radical (unpaired) electrons. The smallest absolute Gasteiger partial charge is 0.307 e. The van der Waals surface area contributed by atoms with E-state index in [1.807, 2.05) is 0 Å². The van der Waals surface area contributed by atoms with Gasteiger partial charge in [-0.3, -0.25) is 9.59 Å². The largest absolute Gasteiger partial charge is 0.481 e. The van der Waals surface area contributed by atoms with Gasteiger partial charge in [-0.15, -0.1) is 0 Å². The summed E-state index contributed by atoms with van der Waals surface area (Å²) in [6.07, 6.45) is 7.16. The summed E-state index contributed by atoms with van der Waals surface area (Å²) in [6.45, 7) is 4.99. The number of nitrogens with one attached hydrogen (secondary N) is 1. The van der Waals surface area contributed by atoms with Crippen molar-refractivity contribution in [3.8, 4) is 0 Å². The standard InChI is InChI=1S/C16H27NO3/c1-3-11-8-12(13(9-11)15(19)20)14(18)17-10-16(2)6-4-5-7-16/h11-13H,3-10H2,1-2H3,(H,17,18)(H,19,20). The van der Waals surface area contributed by atoms with Gasteiger partial charge in [0, 0.05) is 6.54 Å². The lowest BCUT2D eigenvalue weighted by molar-refractivity contribution is -0.146. The van der Waals surface area contributed by atoms with Crippen LogP contribution in [0.4, 0.5) is 0 Å². The number of aliphatic carboxylic acids is 1. The Labute approximate surface area is 121 Å². The molecule has 0 spiro atoms. The van der Waals surface area contributed by atoms with Gasteiger partial charge in [-0.1, -0.05) is 33.1 Å². The first-order chi connectivity index (χ1) is 9.45. The molecule has 0 bridgehead atoms. The van der Waals surface area contributed by atoms with Gasteiger partial charge < -0.3 is 10.4 Å². The third-order valence-electron chi connectivity index (χ3n) is 5.39. The van der Waals surface area contributed by atoms with Gasteiger partial charge in [0.1, 0.15) is 0 Å². The highest BCUT2D eigenvalue weighted by Gasteiger charge is 2.42. The molecule has 2 aliphatic rings. The molecule has 0 heterocycles. The highest BCUT2D eigenvalue weighted by Crippen LogP contribution is 2.39. The lowest BCUT2D eigenvalue weighted by atomic mass is 9.88. The van der Waals surface area contributed by atoms with Crippen LogP contribution < -0.4 is 5.32 Å². The summed E-state index contributed by atoms with van der Waals surface area (Å²) >= 11 is 0. The average Bonchev–Trinajstić information content (AvgIpc) is 3.02. The topological polar surface area (TPSA) is 66.4 Å². The molecule has 3 atom stereocenters. The van der Waals surface area contributed by atoms with Crippen LogP contribution in [0, 0.1) is 23.2 Å². The maximum Gasteiger partial charge on any atom is 0.307 e. The van der Waals surface area contributed by atoms with Crippen molar-refractivity contribution in [2.45, 2.75) is 58.8 Å². The molecule has 2 aliphatic carbocycles. The van der Waals surface area contributed by atoms with Crippen molar-refractivity contribution in [3.63, 3.8) is 0 Å². The minimum atomic E-state index is -0.812. The van der Waals surface area contributed by atoms with Crippen molar-refractivity contribution >= 4 is 11.9 Å². The van der Waals surface area contributed by atoms with Crippen molar-refractivity contribution in [2.24, 2.45) is 23.2 Å². The highest BCUT2D eigenvalue weighted by molar-refractivity contribution is 5.85. The predicted molar refractivity (Wildman–Crippen MR) is 77.2 cm³/mol. The Morgan fingerprint density at radius 2 is 1.80 bits per heavy atom. The first kappa shape index (κ1) is 15.3. The van der Waals surface area contributed by atoms with E-state index in [-0.39, 0.29) is 17.2 Å². The van der Waals surface area contributed by atoms with Gasteiger partial charge in [0.25, 0.3) is 0 Å². The number of amides is 1. The van der Waals surface area contributed by atoms with E-state index in [2.05, 4.69) is 19.2 Å². The third kappa shape index (κ3) is 3.33. The van der Waals surface area contributed by atoms with Crippen LogP contribution in [-0.4, -0.2) is 23.5 Å². The Balaban J connectivity index is 1.91. The summed E-state index contributed by atoms with van der Waals surface area (Å²) in [5.74, 6) is -1.29. The minimum Gasteiger partial charge on any atom is -0.481 e. The van der Waals surface area contributed by atoms with Gasteiger partial charge in [0.05, 0.1) is 11.8 Å². The second-order valence-electron chi connectivity index (χ2n) is 7.03. The summed E-state index contributed by atoms with van der Waals surface area (Å²) < 4.78 is 0. The third-order valence-corrected chi connectivity index (χ3v) is 5.39. The Morgan fingerprint density at radius 1 is 1.20 bits per heavy atom. The summed E-state index contributed by atoms with van der Waals surface area (Å²) in [5.41, 5.74) is 0.219. The summed E-state index contributed by atoms with van der Waals surface area (Å²) in [7, 11) is 0. The molecule has 0 aliphatic heterocycles. The number of carbonyl (C=O) groups is 2. The second-order valence-corrected chi connectivity index (χ2v) is 7.03. The fourth-order valence-electron chi connectivity index (χ4n) is 3.88. The molecule has 0 aromatic rings. The van der Waals surface area contributed by atoms with Gasteiger partial charge in [0.15, 0.2) is 0 Å². The first-order valence-corrected chi connectivity index (χ1v) is 7.96. The van der Waals surface area contributed by atoms with E-state index >= 15 is 0 Å². The van der Waals surface area contributed by atoms with Crippen LogP contribution in [0.5, 0.6) is 0 Å². The molecule has 0 aromatic carbocycles. The van der Waals surface area contributed by atoms with Crippen LogP contribution in [0.2, 0.25) is 0 Å². The molecule has 1 amide bonds. The molecule has 114 valence electrons. The van der Waals surface area contributed by atoms with Crippen molar-refractivity contribution in [1.29, 1.82) is 0 Å². The molecule has 2 saturated carbocycles. The Bertz CT molecular complexity index is 374. The number of hydrogen-bond donors (Lipinski definition) is 2. The lowest BCUT2D eigenvalue weighted by Gasteiger charge is -2.25. The fraction of sp³-hybridized carbons (Fsp3) is 0.875. The highest BCUT2D eigenvalue weighted by atomic mass is 16.4. The van der Waals surface area contributed by atoms with Crippen LogP contribution in [0.25, 0.3) is 0 Å². The van der Waals surface area contributed by atoms with Crippen molar-refractivity contribution in [2.75, 3.05) is 6.54 Å². The molecule has 3 unspecified atom stereocenters. The van der Waals surface area contributed by atoms with Crippen molar-refractivity contribution < 1.29 is 14.7 Å². The van der Waals surface area contributed by atoms with Crippen LogP contribution >= 0.6 is 0 Å². The molecule has 2 rings (SSSR count). The van der Waals surface area contributed by atoms with E-state index in [0.717, 1.165) is 25.7 Å². The van der Waals surface area contributed by atoms with Crippen LogP contribution in [0.3, 0.4) is 0 Å². The quantitative estimate of drug-likeness (QED) is 0.814. The minimum absolute atomic E-state index is 0.0403. The van der Waals surface area contributed by atoms with Gasteiger partial charge >= 0.3 is 5.97 Å². The molecule has 20 heavy (non-hydrogen) atoms. The number of carboxylic acid groups (broad SMARTS) is 1. The lowest BCUT2D eigenvalue weighted by Crippen LogP contribution is -2.40. The molecule has 2 N–H and O–H groups in total. The average molecular weight is 281 g/mol. The van der Waals surface area contributed by atoms with Crippen molar-refractivity contribution in [3.05, 3.63) is 0 Å². The van der Waals surface area contributed by atoms with E-state index in [1.54, 1.807) is 0 Å². The predicted octanol–water partition coefficient (Wildman–Crippen LogP) is 2.82. The van der Waals surface area contributed by atoms with Crippen LogP contribution in [0.15, 0.2) is 0 Å². The van der Waals surface area contributed by atoms with E-state index in [0.29, 0.717) is 18.9 Å². The summed E-state index contributed by atoms with van der Waals surface area (Å²) in [6, 6.07) is 0. The van der Waals surface area contributed by atoms with Crippen molar-refractivity contribution in [1.82, 2.24) is 5.32 Å². The molecule has 0 aromatic heterocycles. The van der Waals surface area contributed by atoms with Crippen LogP contribution in [-0.2, 0) is 9.59 Å². The van der Waals surface area contributed by atoms with Gasteiger partial charge in [0.2, 0.25) is 5.91 Å². The van der Waals surface area contributed by atoms with E-state index < -0.39 is 11.9 Å². The maximum absolute atomic E-state index is 12.3. The van der Waals surface area contributed by atoms with E-state index in [9.17, 15) is 14.7 Å². The maximum atomic E-state index is 12.3. The van der Waals surface area contributed by atoms with E-state index in [1.165, 1.54) is 12.8 Å².